The van der Waals surface area contributed by atoms with Gasteiger partial charge >= 0.3 is 11.8 Å². The van der Waals surface area contributed by atoms with E-state index in [1.54, 1.807) is 0 Å². The van der Waals surface area contributed by atoms with Crippen molar-refractivity contribution in [2.45, 2.75) is 32.7 Å². The zero-order valence-electron chi connectivity index (χ0n) is 18.4. The molecule has 3 rings (SSSR count). The van der Waals surface area contributed by atoms with Gasteiger partial charge in [0.1, 0.15) is 0 Å². The van der Waals surface area contributed by atoms with Crippen molar-refractivity contribution in [1.29, 1.82) is 0 Å². The highest BCUT2D eigenvalue weighted by Gasteiger charge is 2.25. The molecule has 2 aromatic carbocycles. The van der Waals surface area contributed by atoms with Gasteiger partial charge in [0, 0.05) is 32.0 Å². The van der Waals surface area contributed by atoms with Crippen LogP contribution in [0.4, 0.5) is 11.4 Å². The molecular formula is C24H32N4O2. The third-order valence-electron chi connectivity index (χ3n) is 5.67. The highest BCUT2D eigenvalue weighted by molar-refractivity contribution is 6.39. The molecule has 1 aliphatic rings. The minimum absolute atomic E-state index is 0.0570. The fourth-order valence-corrected chi connectivity index (χ4v) is 3.91. The lowest BCUT2D eigenvalue weighted by Gasteiger charge is -2.28. The summed E-state index contributed by atoms with van der Waals surface area (Å²) in [6.45, 7) is 6.33. The quantitative estimate of drug-likeness (QED) is 0.720. The maximum atomic E-state index is 12.5. The molecule has 0 radical (unpaired) electrons. The largest absolute Gasteiger partial charge is 0.378 e. The molecule has 6 nitrogen and oxygen atoms in total. The van der Waals surface area contributed by atoms with E-state index in [-0.39, 0.29) is 6.04 Å². The topological polar surface area (TPSA) is 64.7 Å². The van der Waals surface area contributed by atoms with Gasteiger partial charge in [0.2, 0.25) is 0 Å². The van der Waals surface area contributed by atoms with Gasteiger partial charge in [-0.05, 0) is 69.1 Å². The summed E-state index contributed by atoms with van der Waals surface area (Å²) in [6.07, 6.45) is 2.32. The van der Waals surface area contributed by atoms with Gasteiger partial charge in [-0.25, -0.2) is 0 Å². The Balaban J connectivity index is 1.65. The van der Waals surface area contributed by atoms with Gasteiger partial charge in [0.25, 0.3) is 0 Å². The van der Waals surface area contributed by atoms with Crippen LogP contribution in [0.15, 0.2) is 42.5 Å². The van der Waals surface area contributed by atoms with Crippen LogP contribution in [0.5, 0.6) is 0 Å². The van der Waals surface area contributed by atoms with Crippen LogP contribution in [0.25, 0.3) is 0 Å². The summed E-state index contributed by atoms with van der Waals surface area (Å²) in [5.41, 5.74) is 5.00. The third-order valence-corrected chi connectivity index (χ3v) is 5.67. The number of hydrogen-bond acceptors (Lipinski definition) is 4. The van der Waals surface area contributed by atoms with E-state index in [0.717, 1.165) is 48.3 Å². The van der Waals surface area contributed by atoms with Crippen molar-refractivity contribution >= 4 is 23.2 Å². The van der Waals surface area contributed by atoms with E-state index in [9.17, 15) is 9.59 Å². The zero-order valence-corrected chi connectivity index (χ0v) is 18.4. The molecule has 0 saturated carbocycles. The lowest BCUT2D eigenvalue weighted by atomic mass is 10.0. The minimum Gasteiger partial charge on any atom is -0.378 e. The summed E-state index contributed by atoms with van der Waals surface area (Å²) in [7, 11) is 4.03. The van der Waals surface area contributed by atoms with E-state index in [2.05, 4.69) is 44.7 Å². The van der Waals surface area contributed by atoms with Crippen LogP contribution in [-0.2, 0) is 9.59 Å². The normalized spacial score (nSPS) is 14.9. The number of benzene rings is 2. The van der Waals surface area contributed by atoms with E-state index >= 15 is 0 Å². The van der Waals surface area contributed by atoms with Gasteiger partial charge in [-0.2, -0.15) is 0 Å². The second kappa shape index (κ2) is 9.76. The van der Waals surface area contributed by atoms with E-state index in [1.807, 2.05) is 46.1 Å². The van der Waals surface area contributed by atoms with Gasteiger partial charge in [-0.1, -0.05) is 29.8 Å². The second-order valence-corrected chi connectivity index (χ2v) is 8.23. The van der Waals surface area contributed by atoms with Gasteiger partial charge in [-0.3, -0.25) is 14.5 Å². The average molecular weight is 409 g/mol. The Morgan fingerprint density at radius 1 is 1.00 bits per heavy atom. The van der Waals surface area contributed by atoms with Crippen molar-refractivity contribution in [1.82, 2.24) is 10.2 Å². The summed E-state index contributed by atoms with van der Waals surface area (Å²) >= 11 is 0. The molecule has 2 N–H and O–H groups in total. The third kappa shape index (κ3) is 5.39. The molecule has 1 fully saturated rings. The highest BCUT2D eigenvalue weighted by atomic mass is 16.2. The molecule has 0 spiro atoms. The molecule has 30 heavy (non-hydrogen) atoms. The van der Waals surface area contributed by atoms with Gasteiger partial charge in [0.15, 0.2) is 0 Å². The maximum Gasteiger partial charge on any atom is 0.313 e. The number of likely N-dealkylation sites (tertiary alicyclic amines) is 1. The first-order chi connectivity index (χ1) is 14.3. The lowest BCUT2D eigenvalue weighted by Crippen LogP contribution is -2.41. The predicted molar refractivity (Wildman–Crippen MR) is 122 cm³/mol. The van der Waals surface area contributed by atoms with Crippen molar-refractivity contribution in [3.05, 3.63) is 59.2 Å². The minimum atomic E-state index is -0.634. The number of nitrogens with one attached hydrogen (secondary N) is 2. The SMILES string of the molecule is Cc1ccc(NC(=O)C(=O)NC[C@@H](c2ccc(N(C)C)cc2)N2CCCC2)c(C)c1. The molecule has 1 saturated heterocycles. The fourth-order valence-electron chi connectivity index (χ4n) is 3.91. The number of aryl methyl sites for hydroxylation is 2. The van der Waals surface area contributed by atoms with Crippen molar-refractivity contribution in [3.63, 3.8) is 0 Å². The molecule has 1 aliphatic heterocycles. The summed E-state index contributed by atoms with van der Waals surface area (Å²) < 4.78 is 0. The number of carbonyl (C=O) groups is 2. The van der Waals surface area contributed by atoms with Crippen LogP contribution in [0.3, 0.4) is 0 Å². The molecule has 2 amide bonds. The number of anilines is 2. The summed E-state index contributed by atoms with van der Waals surface area (Å²) in [4.78, 5) is 29.3. The van der Waals surface area contributed by atoms with Gasteiger partial charge in [0.05, 0.1) is 6.04 Å². The van der Waals surface area contributed by atoms with Crippen LogP contribution < -0.4 is 15.5 Å². The first-order valence-electron chi connectivity index (χ1n) is 10.5. The van der Waals surface area contributed by atoms with E-state index in [1.165, 1.54) is 0 Å². The van der Waals surface area contributed by atoms with Gasteiger partial charge < -0.3 is 15.5 Å². The summed E-state index contributed by atoms with van der Waals surface area (Å²) in [5, 5.41) is 5.56. The van der Waals surface area contributed by atoms with Gasteiger partial charge in [-0.15, -0.1) is 0 Å². The number of hydrogen-bond donors (Lipinski definition) is 2. The molecule has 2 aromatic rings. The lowest BCUT2D eigenvalue weighted by molar-refractivity contribution is -0.136. The van der Waals surface area contributed by atoms with Crippen molar-refractivity contribution in [2.75, 3.05) is 43.9 Å². The molecule has 0 aromatic heterocycles. The number of rotatable bonds is 6. The first-order valence-corrected chi connectivity index (χ1v) is 10.5. The first kappa shape index (κ1) is 21.8. The summed E-state index contributed by atoms with van der Waals surface area (Å²) in [5.74, 6) is -1.24. The average Bonchev–Trinajstić information content (AvgIpc) is 3.25. The van der Waals surface area contributed by atoms with Crippen molar-refractivity contribution in [3.8, 4) is 0 Å². The molecule has 1 heterocycles. The van der Waals surface area contributed by atoms with E-state index in [0.29, 0.717) is 12.2 Å². The Bertz CT molecular complexity index is 887. The smallest absolute Gasteiger partial charge is 0.313 e. The van der Waals surface area contributed by atoms with Crippen molar-refractivity contribution in [2.24, 2.45) is 0 Å². The van der Waals surface area contributed by atoms with E-state index in [4.69, 9.17) is 0 Å². The standard InChI is InChI=1S/C24H32N4O2/c1-17-7-12-21(18(2)15-17)26-24(30)23(29)25-16-22(28-13-5-6-14-28)19-8-10-20(11-9-19)27(3)4/h7-12,15,22H,5-6,13-14,16H2,1-4H3,(H,25,29)(H,26,30)/t22-/m0/s1. The highest BCUT2D eigenvalue weighted by Crippen LogP contribution is 2.26. The van der Waals surface area contributed by atoms with Crippen molar-refractivity contribution < 1.29 is 9.59 Å². The molecule has 1 atom stereocenters. The van der Waals surface area contributed by atoms with Crippen LogP contribution in [0.1, 0.15) is 35.6 Å². The number of carbonyl (C=O) groups excluding carboxylic acids is 2. The van der Waals surface area contributed by atoms with E-state index < -0.39 is 11.8 Å². The summed E-state index contributed by atoms with van der Waals surface area (Å²) in [6, 6.07) is 14.2. The molecule has 6 heteroatoms. The molecule has 0 aliphatic carbocycles. The predicted octanol–water partition coefficient (Wildman–Crippen LogP) is 3.26. The molecular weight excluding hydrogens is 376 g/mol. The second-order valence-electron chi connectivity index (χ2n) is 8.23. The van der Waals surface area contributed by atoms with Crippen LogP contribution in [0, 0.1) is 13.8 Å². The Labute approximate surface area is 179 Å². The Morgan fingerprint density at radius 3 is 2.27 bits per heavy atom. The van der Waals surface area contributed by atoms with Crippen LogP contribution >= 0.6 is 0 Å². The Hall–Kier alpha value is -2.86. The van der Waals surface area contributed by atoms with Crippen LogP contribution in [-0.4, -0.2) is 50.4 Å². The number of nitrogens with zero attached hydrogens (tertiary/aromatic N) is 2. The number of amides is 2. The maximum absolute atomic E-state index is 12.5. The molecule has 160 valence electrons. The molecule has 0 unspecified atom stereocenters. The monoisotopic (exact) mass is 408 g/mol. The fraction of sp³-hybridized carbons (Fsp3) is 0.417. The zero-order chi connectivity index (χ0) is 21.7. The Morgan fingerprint density at radius 2 is 1.67 bits per heavy atom. The van der Waals surface area contributed by atoms with Crippen LogP contribution in [0.2, 0.25) is 0 Å². The molecule has 0 bridgehead atoms. The Kier molecular flexibility index (Phi) is 7.11.